The Kier molecular flexibility index (Phi) is 5.88. The standard InChI is InChI=1S/C12H16Cl2N2O2/c1-7(16-12(17)11(15)6-18-2)9-4-3-8(13)5-10(9)14/h3-5,7,11H,6,15H2,1-2H3,(H,16,17). The van der Waals surface area contributed by atoms with Crippen molar-refractivity contribution in [2.45, 2.75) is 19.0 Å². The minimum absolute atomic E-state index is 0.174. The number of nitrogens with one attached hydrogen (secondary N) is 1. The Morgan fingerprint density at radius 2 is 2.17 bits per heavy atom. The molecule has 0 fully saturated rings. The molecule has 2 atom stereocenters. The lowest BCUT2D eigenvalue weighted by molar-refractivity contribution is -0.124. The highest BCUT2D eigenvalue weighted by Crippen LogP contribution is 2.25. The molecule has 0 spiro atoms. The maximum Gasteiger partial charge on any atom is 0.239 e. The summed E-state index contributed by atoms with van der Waals surface area (Å²) in [5.74, 6) is -0.282. The Morgan fingerprint density at radius 1 is 1.50 bits per heavy atom. The molecule has 0 radical (unpaired) electrons. The van der Waals surface area contributed by atoms with E-state index < -0.39 is 6.04 Å². The second kappa shape index (κ2) is 6.95. The summed E-state index contributed by atoms with van der Waals surface area (Å²) in [6, 6.07) is 4.20. The Hall–Kier alpha value is -0.810. The lowest BCUT2D eigenvalue weighted by atomic mass is 10.1. The molecule has 0 heterocycles. The SMILES string of the molecule is COCC(N)C(=O)NC(C)c1ccc(Cl)cc1Cl. The Bertz CT molecular complexity index is 427. The van der Waals surface area contributed by atoms with Gasteiger partial charge in [-0.25, -0.2) is 0 Å². The first-order chi connectivity index (χ1) is 8.45. The van der Waals surface area contributed by atoms with Crippen molar-refractivity contribution in [2.24, 2.45) is 5.73 Å². The quantitative estimate of drug-likeness (QED) is 0.873. The maximum absolute atomic E-state index is 11.7. The first-order valence-electron chi connectivity index (χ1n) is 5.45. The predicted molar refractivity (Wildman–Crippen MR) is 72.9 cm³/mol. The molecule has 3 N–H and O–H groups in total. The molecule has 100 valence electrons. The van der Waals surface area contributed by atoms with Gasteiger partial charge in [-0.3, -0.25) is 4.79 Å². The fourth-order valence-corrected chi connectivity index (χ4v) is 2.08. The first-order valence-corrected chi connectivity index (χ1v) is 6.21. The fraction of sp³-hybridized carbons (Fsp3) is 0.417. The molecule has 6 heteroatoms. The molecule has 0 aromatic heterocycles. The summed E-state index contributed by atoms with van der Waals surface area (Å²) in [5.41, 5.74) is 6.42. The number of rotatable bonds is 5. The van der Waals surface area contributed by atoms with Crippen molar-refractivity contribution in [3.63, 3.8) is 0 Å². The second-order valence-electron chi connectivity index (χ2n) is 3.96. The van der Waals surface area contributed by atoms with Gasteiger partial charge in [-0.1, -0.05) is 29.3 Å². The van der Waals surface area contributed by atoms with E-state index in [1.54, 1.807) is 18.2 Å². The first kappa shape index (κ1) is 15.2. The number of hydrogen-bond donors (Lipinski definition) is 2. The van der Waals surface area contributed by atoms with Gasteiger partial charge in [-0.2, -0.15) is 0 Å². The molecular formula is C12H16Cl2N2O2. The average Bonchev–Trinajstić information content (AvgIpc) is 2.28. The summed E-state index contributed by atoms with van der Waals surface area (Å²) in [6.45, 7) is 2.00. The van der Waals surface area contributed by atoms with Gasteiger partial charge < -0.3 is 15.8 Å². The second-order valence-corrected chi connectivity index (χ2v) is 4.80. The van der Waals surface area contributed by atoms with Crippen LogP contribution in [0.3, 0.4) is 0 Å². The molecule has 1 rings (SSSR count). The summed E-state index contributed by atoms with van der Waals surface area (Å²) in [5, 5.41) is 3.83. The molecule has 2 unspecified atom stereocenters. The molecule has 0 aliphatic carbocycles. The van der Waals surface area contributed by atoms with Gasteiger partial charge in [0.2, 0.25) is 5.91 Å². The van der Waals surface area contributed by atoms with Crippen LogP contribution in [0.4, 0.5) is 0 Å². The number of amides is 1. The third-order valence-corrected chi connectivity index (χ3v) is 3.03. The molecule has 1 aromatic carbocycles. The van der Waals surface area contributed by atoms with Crippen molar-refractivity contribution in [1.82, 2.24) is 5.32 Å². The zero-order valence-corrected chi connectivity index (χ0v) is 11.8. The summed E-state index contributed by atoms with van der Waals surface area (Å²) in [6.07, 6.45) is 0. The Morgan fingerprint density at radius 3 is 2.72 bits per heavy atom. The van der Waals surface area contributed by atoms with E-state index in [0.717, 1.165) is 5.56 Å². The maximum atomic E-state index is 11.7. The third kappa shape index (κ3) is 4.14. The van der Waals surface area contributed by atoms with E-state index in [4.69, 9.17) is 33.7 Å². The predicted octanol–water partition coefficient (Wildman–Crippen LogP) is 2.14. The zero-order valence-electron chi connectivity index (χ0n) is 10.2. The summed E-state index contributed by atoms with van der Waals surface area (Å²) >= 11 is 11.9. The Labute approximate surface area is 116 Å². The number of carbonyl (C=O) groups excluding carboxylic acids is 1. The van der Waals surface area contributed by atoms with Gasteiger partial charge in [-0.15, -0.1) is 0 Å². The highest BCUT2D eigenvalue weighted by molar-refractivity contribution is 6.35. The third-order valence-electron chi connectivity index (χ3n) is 2.47. The molecule has 0 saturated carbocycles. The zero-order chi connectivity index (χ0) is 13.7. The van der Waals surface area contributed by atoms with Crippen LogP contribution in [-0.2, 0) is 9.53 Å². The van der Waals surface area contributed by atoms with E-state index in [2.05, 4.69) is 5.32 Å². The van der Waals surface area contributed by atoms with Crippen LogP contribution in [-0.4, -0.2) is 25.7 Å². The van der Waals surface area contributed by atoms with Crippen LogP contribution in [0.2, 0.25) is 10.0 Å². The topological polar surface area (TPSA) is 64.3 Å². The molecule has 0 aliphatic rings. The largest absolute Gasteiger partial charge is 0.383 e. The normalized spacial score (nSPS) is 14.1. The van der Waals surface area contributed by atoms with Gasteiger partial charge in [0.05, 0.1) is 12.6 Å². The van der Waals surface area contributed by atoms with E-state index in [1.165, 1.54) is 7.11 Å². The number of halogens is 2. The van der Waals surface area contributed by atoms with Crippen LogP contribution in [0.1, 0.15) is 18.5 Å². The molecule has 1 aromatic rings. The molecule has 0 saturated heterocycles. The van der Waals surface area contributed by atoms with Crippen LogP contribution in [0.5, 0.6) is 0 Å². The smallest absolute Gasteiger partial charge is 0.239 e. The van der Waals surface area contributed by atoms with Crippen LogP contribution < -0.4 is 11.1 Å². The van der Waals surface area contributed by atoms with Crippen molar-refractivity contribution >= 4 is 29.1 Å². The number of methoxy groups -OCH3 is 1. The average molecular weight is 291 g/mol. The monoisotopic (exact) mass is 290 g/mol. The molecular weight excluding hydrogens is 275 g/mol. The minimum atomic E-state index is -0.691. The van der Waals surface area contributed by atoms with Gasteiger partial charge in [0.25, 0.3) is 0 Å². The van der Waals surface area contributed by atoms with Crippen LogP contribution >= 0.6 is 23.2 Å². The number of hydrogen-bond acceptors (Lipinski definition) is 3. The van der Waals surface area contributed by atoms with E-state index >= 15 is 0 Å². The van der Waals surface area contributed by atoms with Gasteiger partial charge in [-0.05, 0) is 24.6 Å². The number of ether oxygens (including phenoxy) is 1. The van der Waals surface area contributed by atoms with Crippen LogP contribution in [0.25, 0.3) is 0 Å². The summed E-state index contributed by atoms with van der Waals surface area (Å²) < 4.78 is 4.82. The molecule has 0 bridgehead atoms. The minimum Gasteiger partial charge on any atom is -0.383 e. The van der Waals surface area contributed by atoms with Gasteiger partial charge in [0.15, 0.2) is 0 Å². The molecule has 4 nitrogen and oxygen atoms in total. The fourth-order valence-electron chi connectivity index (χ4n) is 1.51. The lowest BCUT2D eigenvalue weighted by Gasteiger charge is -2.18. The molecule has 1 amide bonds. The highest BCUT2D eigenvalue weighted by Gasteiger charge is 2.17. The van der Waals surface area contributed by atoms with Gasteiger partial charge in [0, 0.05) is 17.2 Å². The van der Waals surface area contributed by atoms with Crippen molar-refractivity contribution in [3.05, 3.63) is 33.8 Å². The van der Waals surface area contributed by atoms with Crippen molar-refractivity contribution < 1.29 is 9.53 Å². The van der Waals surface area contributed by atoms with E-state index in [9.17, 15) is 4.79 Å². The van der Waals surface area contributed by atoms with Crippen LogP contribution in [0.15, 0.2) is 18.2 Å². The summed E-state index contributed by atoms with van der Waals surface area (Å²) in [7, 11) is 1.49. The van der Waals surface area contributed by atoms with E-state index in [0.29, 0.717) is 10.0 Å². The number of nitrogens with two attached hydrogens (primary N) is 1. The van der Waals surface area contributed by atoms with Crippen LogP contribution in [0, 0.1) is 0 Å². The number of carbonyl (C=O) groups is 1. The van der Waals surface area contributed by atoms with E-state index in [-0.39, 0.29) is 18.6 Å². The van der Waals surface area contributed by atoms with Crippen molar-refractivity contribution in [1.29, 1.82) is 0 Å². The van der Waals surface area contributed by atoms with Crippen molar-refractivity contribution in [2.75, 3.05) is 13.7 Å². The molecule has 0 aliphatic heterocycles. The molecule has 18 heavy (non-hydrogen) atoms. The van der Waals surface area contributed by atoms with Gasteiger partial charge in [0.1, 0.15) is 6.04 Å². The highest BCUT2D eigenvalue weighted by atomic mass is 35.5. The van der Waals surface area contributed by atoms with Gasteiger partial charge >= 0.3 is 0 Å². The summed E-state index contributed by atoms with van der Waals surface area (Å²) in [4.78, 5) is 11.7. The van der Waals surface area contributed by atoms with Crippen molar-refractivity contribution in [3.8, 4) is 0 Å². The Balaban J connectivity index is 2.70. The lowest BCUT2D eigenvalue weighted by Crippen LogP contribution is -2.44. The number of benzene rings is 1. The van der Waals surface area contributed by atoms with E-state index in [1.807, 2.05) is 6.92 Å².